The SMILES string of the molecule is CC[C@@H](NC(=O)c1ncccc1O)C(=O)N1CCC[C@H]1C(=O)N(C)c1ccc(C[C@H]2C(=O)N3CCC(=O)C[C@H]3C(=O)N[C@@H](c3ccccc3)C(=O)O[C@H](C)[C@H](N)C(=O)N2C)cc1. The molecule has 0 radical (unpaired) electrons. The van der Waals surface area contributed by atoms with Crippen molar-refractivity contribution in [3.63, 3.8) is 0 Å². The summed E-state index contributed by atoms with van der Waals surface area (Å²) in [6.45, 7) is 3.38. The number of nitrogens with two attached hydrogens (primary N) is 1. The standard InChI is InChI=1S/C44H52N8O10/c1-5-30(47-39(56)37-34(54)14-9-20-46-37)40(57)51-21-10-13-31(51)41(58)49(3)28-17-15-26(16-18-28)23-33-42(59)52-22-19-29(53)24-32(52)38(55)48-36(27-11-7-6-8-12-27)44(61)62-25(2)35(45)43(60)50(33)4/h6-9,11-12,14-18,20,25,30-33,35-36,54H,5,10,13,19,21-24,45H2,1-4H3,(H,47,56)(H,48,55)/t25-,30-,31+,32+,33+,35+,36+/m1/s1. The van der Waals surface area contributed by atoms with Gasteiger partial charge in [-0.3, -0.25) is 33.6 Å². The Morgan fingerprint density at radius 2 is 1.71 bits per heavy atom. The number of carbonyl (C=O) groups is 8. The van der Waals surface area contributed by atoms with Gasteiger partial charge in [-0.15, -0.1) is 0 Å². The number of fused-ring (bicyclic) bond motifs is 1. The highest BCUT2D eigenvalue weighted by Crippen LogP contribution is 2.27. The van der Waals surface area contributed by atoms with E-state index in [1.165, 1.54) is 51.9 Å². The summed E-state index contributed by atoms with van der Waals surface area (Å²) >= 11 is 0. The van der Waals surface area contributed by atoms with E-state index in [2.05, 4.69) is 15.6 Å². The van der Waals surface area contributed by atoms with Gasteiger partial charge in [0.05, 0.1) is 0 Å². The molecule has 6 rings (SSSR count). The molecule has 3 aromatic rings. The number of anilines is 1. The number of aromatic nitrogens is 1. The van der Waals surface area contributed by atoms with Crippen molar-refractivity contribution in [2.24, 2.45) is 5.73 Å². The van der Waals surface area contributed by atoms with E-state index in [0.29, 0.717) is 36.2 Å². The highest BCUT2D eigenvalue weighted by Gasteiger charge is 2.44. The van der Waals surface area contributed by atoms with Crippen LogP contribution in [-0.4, -0.2) is 135 Å². The molecule has 2 aromatic carbocycles. The maximum atomic E-state index is 14.6. The first-order valence-electron chi connectivity index (χ1n) is 20.6. The van der Waals surface area contributed by atoms with E-state index >= 15 is 0 Å². The van der Waals surface area contributed by atoms with Crippen LogP contribution >= 0.6 is 0 Å². The van der Waals surface area contributed by atoms with Gasteiger partial charge in [-0.2, -0.15) is 0 Å². The molecule has 0 unspecified atom stereocenters. The molecule has 3 aliphatic heterocycles. The van der Waals surface area contributed by atoms with Gasteiger partial charge in [0.15, 0.2) is 11.7 Å². The Labute approximate surface area is 358 Å². The van der Waals surface area contributed by atoms with E-state index < -0.39 is 77.9 Å². The van der Waals surface area contributed by atoms with Crippen LogP contribution in [0.4, 0.5) is 5.69 Å². The normalized spacial score (nSPS) is 24.1. The number of esters is 1. The van der Waals surface area contributed by atoms with E-state index in [9.17, 15) is 43.5 Å². The molecule has 0 aliphatic carbocycles. The fourth-order valence-electron chi connectivity index (χ4n) is 8.04. The summed E-state index contributed by atoms with van der Waals surface area (Å²) in [5, 5.41) is 15.4. The quantitative estimate of drug-likeness (QED) is 0.221. The molecule has 3 saturated heterocycles. The minimum absolute atomic E-state index is 0.0108. The summed E-state index contributed by atoms with van der Waals surface area (Å²) in [7, 11) is 2.98. The maximum absolute atomic E-state index is 14.6. The van der Waals surface area contributed by atoms with E-state index in [1.54, 1.807) is 68.6 Å². The van der Waals surface area contributed by atoms with Crippen LogP contribution in [0.1, 0.15) is 73.6 Å². The Balaban J connectivity index is 1.21. The van der Waals surface area contributed by atoms with Gasteiger partial charge in [-0.25, -0.2) is 9.78 Å². The highest BCUT2D eigenvalue weighted by molar-refractivity contribution is 6.02. The number of pyridine rings is 1. The van der Waals surface area contributed by atoms with Crippen LogP contribution < -0.4 is 21.3 Å². The van der Waals surface area contributed by atoms with E-state index in [-0.39, 0.29) is 55.4 Å². The third-order valence-corrected chi connectivity index (χ3v) is 11.8. The number of hydrogen-bond acceptors (Lipinski definition) is 12. The zero-order chi connectivity index (χ0) is 44.8. The van der Waals surface area contributed by atoms with Crippen LogP contribution in [0.2, 0.25) is 0 Å². The van der Waals surface area contributed by atoms with Crippen LogP contribution in [0.3, 0.4) is 0 Å². The monoisotopic (exact) mass is 852 g/mol. The van der Waals surface area contributed by atoms with Crippen molar-refractivity contribution in [2.75, 3.05) is 32.1 Å². The number of likely N-dealkylation sites (tertiary alicyclic amines) is 1. The van der Waals surface area contributed by atoms with Crippen molar-refractivity contribution in [2.45, 2.75) is 94.7 Å². The lowest BCUT2D eigenvalue weighted by Gasteiger charge is -2.39. The summed E-state index contributed by atoms with van der Waals surface area (Å²) in [6.07, 6.45) is 1.03. The van der Waals surface area contributed by atoms with Gasteiger partial charge in [-0.05, 0) is 61.6 Å². The first-order valence-corrected chi connectivity index (χ1v) is 20.6. The molecule has 18 nitrogen and oxygen atoms in total. The zero-order valence-electron chi connectivity index (χ0n) is 35.1. The minimum Gasteiger partial charge on any atom is -0.505 e. The number of rotatable bonds is 9. The number of ketones is 1. The number of nitrogens with zero attached hydrogens (tertiary/aromatic N) is 5. The molecule has 0 bridgehead atoms. The molecule has 6 amide bonds. The lowest BCUT2D eigenvalue weighted by molar-refractivity contribution is -0.156. The second-order valence-electron chi connectivity index (χ2n) is 15.8. The van der Waals surface area contributed by atoms with Gasteiger partial charge in [-0.1, -0.05) is 49.4 Å². The molecule has 0 spiro atoms. The Bertz CT molecular complexity index is 2200. The second kappa shape index (κ2) is 19.4. The number of aromatic hydroxyl groups is 1. The Hall–Kier alpha value is -6.69. The third kappa shape index (κ3) is 9.59. The fourth-order valence-corrected chi connectivity index (χ4v) is 8.04. The molecule has 5 N–H and O–H groups in total. The lowest BCUT2D eigenvalue weighted by Crippen LogP contribution is -2.61. The fraction of sp³-hybridized carbons (Fsp3) is 0.432. The summed E-state index contributed by atoms with van der Waals surface area (Å²) in [6, 6.07) is 10.9. The van der Waals surface area contributed by atoms with Crippen molar-refractivity contribution >= 4 is 52.9 Å². The molecule has 62 heavy (non-hydrogen) atoms. The van der Waals surface area contributed by atoms with Crippen LogP contribution in [0.25, 0.3) is 0 Å². The molecular formula is C44H52N8O10. The van der Waals surface area contributed by atoms with E-state index in [1.807, 2.05) is 0 Å². The smallest absolute Gasteiger partial charge is 0.333 e. The number of amides is 6. The number of Topliss-reactive ketones (excluding diaryl/α,β-unsaturated/α-hetero) is 1. The molecular weight excluding hydrogens is 801 g/mol. The van der Waals surface area contributed by atoms with Crippen molar-refractivity contribution in [1.29, 1.82) is 0 Å². The highest BCUT2D eigenvalue weighted by atomic mass is 16.5. The molecule has 328 valence electrons. The van der Waals surface area contributed by atoms with E-state index in [0.717, 1.165) is 0 Å². The number of carbonyl (C=O) groups excluding carboxylic acids is 8. The van der Waals surface area contributed by atoms with Crippen molar-refractivity contribution in [3.8, 4) is 5.75 Å². The van der Waals surface area contributed by atoms with Gasteiger partial charge < -0.3 is 45.8 Å². The molecule has 4 heterocycles. The summed E-state index contributed by atoms with van der Waals surface area (Å²) in [5.74, 6) is -4.98. The molecule has 7 atom stereocenters. The molecule has 3 aliphatic rings. The number of benzene rings is 2. The second-order valence-corrected chi connectivity index (χ2v) is 15.8. The van der Waals surface area contributed by atoms with Crippen molar-refractivity contribution < 1.29 is 48.2 Å². The van der Waals surface area contributed by atoms with Crippen LogP contribution in [0.5, 0.6) is 5.75 Å². The van der Waals surface area contributed by atoms with Gasteiger partial charge in [0.1, 0.15) is 47.8 Å². The number of hydrogen-bond donors (Lipinski definition) is 4. The molecule has 3 fully saturated rings. The van der Waals surface area contributed by atoms with Gasteiger partial charge >= 0.3 is 5.97 Å². The zero-order valence-corrected chi connectivity index (χ0v) is 35.1. The lowest BCUT2D eigenvalue weighted by atomic mass is 9.96. The topological polar surface area (TPSA) is 242 Å². The molecule has 1 aromatic heterocycles. The van der Waals surface area contributed by atoms with Crippen LogP contribution in [0, 0.1) is 0 Å². The maximum Gasteiger partial charge on any atom is 0.333 e. The predicted molar refractivity (Wildman–Crippen MR) is 223 cm³/mol. The number of likely N-dealkylation sites (N-methyl/N-ethyl adjacent to an activating group) is 2. The minimum atomic E-state index is -1.38. The van der Waals surface area contributed by atoms with Gasteiger partial charge in [0.2, 0.25) is 29.5 Å². The largest absolute Gasteiger partial charge is 0.505 e. The Kier molecular flexibility index (Phi) is 14.0. The summed E-state index contributed by atoms with van der Waals surface area (Å²) in [4.78, 5) is 119. The number of piperidine rings is 1. The Morgan fingerprint density at radius 3 is 2.39 bits per heavy atom. The Morgan fingerprint density at radius 1 is 1.00 bits per heavy atom. The van der Waals surface area contributed by atoms with Crippen molar-refractivity contribution in [1.82, 2.24) is 30.3 Å². The van der Waals surface area contributed by atoms with Gasteiger partial charge in [0.25, 0.3) is 5.91 Å². The summed E-state index contributed by atoms with van der Waals surface area (Å²) in [5.41, 5.74) is 7.61. The first-order chi connectivity index (χ1) is 29.6. The summed E-state index contributed by atoms with van der Waals surface area (Å²) < 4.78 is 5.64. The first kappa shape index (κ1) is 44.9. The van der Waals surface area contributed by atoms with Gasteiger partial charge in [0, 0.05) is 58.3 Å². The molecule has 0 saturated carbocycles. The third-order valence-electron chi connectivity index (χ3n) is 11.8. The number of nitrogens with one attached hydrogen (secondary N) is 2. The van der Waals surface area contributed by atoms with Crippen LogP contribution in [-0.2, 0) is 44.7 Å². The number of cyclic esters (lactones) is 1. The van der Waals surface area contributed by atoms with E-state index in [4.69, 9.17) is 10.5 Å². The average molecular weight is 853 g/mol. The number of ether oxygens (including phenoxy) is 1. The average Bonchev–Trinajstić information content (AvgIpc) is 3.78. The predicted octanol–water partition coefficient (Wildman–Crippen LogP) is 1.01. The van der Waals surface area contributed by atoms with Crippen LogP contribution in [0.15, 0.2) is 72.9 Å². The molecule has 18 heteroatoms. The van der Waals surface area contributed by atoms with Crippen molar-refractivity contribution in [3.05, 3.63) is 89.7 Å².